The van der Waals surface area contributed by atoms with Gasteiger partial charge < -0.3 is 4.74 Å². The molecule has 1 rings (SSSR count). The van der Waals surface area contributed by atoms with Crippen molar-refractivity contribution in [2.24, 2.45) is 5.10 Å². The first-order chi connectivity index (χ1) is 8.79. The highest BCUT2D eigenvalue weighted by molar-refractivity contribution is 5.83. The summed E-state index contributed by atoms with van der Waals surface area (Å²) >= 11 is 0. The molecule has 0 heterocycles. The smallest absolute Gasteiger partial charge is 0.277 e. The molecule has 0 aliphatic carbocycles. The van der Waals surface area contributed by atoms with Gasteiger partial charge in [0.1, 0.15) is 5.75 Å². The van der Waals surface area contributed by atoms with Crippen LogP contribution in [0, 0.1) is 0 Å². The molecule has 4 heteroatoms. The van der Waals surface area contributed by atoms with Crippen molar-refractivity contribution in [3.8, 4) is 5.75 Å². The summed E-state index contributed by atoms with van der Waals surface area (Å²) in [6.45, 7) is 10.1. The number of ether oxygens (including phenoxy) is 1. The van der Waals surface area contributed by atoms with E-state index in [0.29, 0.717) is 5.75 Å². The van der Waals surface area contributed by atoms with Gasteiger partial charge in [0.2, 0.25) is 0 Å². The lowest BCUT2D eigenvalue weighted by Gasteiger charge is -2.19. The topological polar surface area (TPSA) is 50.7 Å². The number of hydrogen-bond donors (Lipinski definition) is 1. The molecule has 0 aliphatic rings. The van der Waals surface area contributed by atoms with Crippen LogP contribution in [0.5, 0.6) is 5.75 Å². The molecule has 19 heavy (non-hydrogen) atoms. The van der Waals surface area contributed by atoms with E-state index in [4.69, 9.17) is 4.74 Å². The highest BCUT2D eigenvalue weighted by atomic mass is 16.5. The Bertz CT molecular complexity index is 452. The summed E-state index contributed by atoms with van der Waals surface area (Å²) in [6.07, 6.45) is 0. The van der Waals surface area contributed by atoms with Crippen LogP contribution < -0.4 is 10.2 Å². The Morgan fingerprint density at radius 2 is 1.79 bits per heavy atom. The Morgan fingerprint density at radius 1 is 1.21 bits per heavy atom. The normalized spacial score (nSPS) is 10.8. The molecule has 0 saturated heterocycles. The molecule has 104 valence electrons. The predicted molar refractivity (Wildman–Crippen MR) is 77.6 cm³/mol. The lowest BCUT2D eigenvalue weighted by Crippen LogP contribution is -2.25. The fourth-order valence-electron chi connectivity index (χ4n) is 1.41. The maximum Gasteiger partial charge on any atom is 0.277 e. The van der Waals surface area contributed by atoms with Crippen molar-refractivity contribution < 1.29 is 9.53 Å². The molecule has 0 aromatic heterocycles. The number of carbonyl (C=O) groups is 1. The van der Waals surface area contributed by atoms with Gasteiger partial charge in [-0.15, -0.1) is 0 Å². The van der Waals surface area contributed by atoms with Crippen LogP contribution in [-0.4, -0.2) is 18.2 Å². The molecule has 0 bridgehead atoms. The van der Waals surface area contributed by atoms with Gasteiger partial charge in [0, 0.05) is 5.71 Å². The average Bonchev–Trinajstić information content (AvgIpc) is 2.33. The first kappa shape index (κ1) is 15.2. The molecule has 0 atom stereocenters. The monoisotopic (exact) mass is 262 g/mol. The third-order valence-corrected chi connectivity index (χ3v) is 2.49. The third kappa shape index (κ3) is 5.55. The minimum absolute atomic E-state index is 0.0361. The third-order valence-electron chi connectivity index (χ3n) is 2.49. The van der Waals surface area contributed by atoms with Crippen molar-refractivity contribution >= 4 is 11.6 Å². The number of hydrazone groups is 1. The molecule has 1 amide bonds. The van der Waals surface area contributed by atoms with Crippen molar-refractivity contribution in [2.75, 3.05) is 6.61 Å². The summed E-state index contributed by atoms with van der Waals surface area (Å²) in [5.41, 5.74) is 4.55. The van der Waals surface area contributed by atoms with E-state index in [2.05, 4.69) is 31.3 Å². The van der Waals surface area contributed by atoms with Crippen LogP contribution in [-0.2, 0) is 10.2 Å². The minimum Gasteiger partial charge on any atom is -0.484 e. The van der Waals surface area contributed by atoms with Gasteiger partial charge in [0.25, 0.3) is 5.91 Å². The molecule has 1 aromatic carbocycles. The summed E-state index contributed by atoms with van der Waals surface area (Å²) in [5.74, 6) is 0.418. The number of benzene rings is 1. The highest BCUT2D eigenvalue weighted by Crippen LogP contribution is 2.24. The quantitative estimate of drug-likeness (QED) is 0.670. The Hall–Kier alpha value is -1.84. The summed E-state index contributed by atoms with van der Waals surface area (Å²) in [5, 5.41) is 3.82. The maximum absolute atomic E-state index is 11.4. The van der Waals surface area contributed by atoms with Crippen LogP contribution in [0.15, 0.2) is 29.4 Å². The lowest BCUT2D eigenvalue weighted by molar-refractivity contribution is -0.123. The van der Waals surface area contributed by atoms with Crippen LogP contribution in [0.1, 0.15) is 40.2 Å². The van der Waals surface area contributed by atoms with E-state index in [1.54, 1.807) is 0 Å². The molecule has 0 spiro atoms. The number of hydrogen-bond acceptors (Lipinski definition) is 3. The molecule has 4 nitrogen and oxygen atoms in total. The zero-order chi connectivity index (χ0) is 14.5. The van der Waals surface area contributed by atoms with E-state index in [9.17, 15) is 4.79 Å². The summed E-state index contributed by atoms with van der Waals surface area (Å²) in [6, 6.07) is 7.79. The Labute approximate surface area is 114 Å². The summed E-state index contributed by atoms with van der Waals surface area (Å²) in [7, 11) is 0. The van der Waals surface area contributed by atoms with Gasteiger partial charge in [-0.25, -0.2) is 5.43 Å². The average molecular weight is 262 g/mol. The van der Waals surface area contributed by atoms with Gasteiger partial charge >= 0.3 is 0 Å². The van der Waals surface area contributed by atoms with Crippen LogP contribution in [0.4, 0.5) is 0 Å². The molecule has 1 aromatic rings. The van der Waals surface area contributed by atoms with E-state index in [1.165, 1.54) is 5.56 Å². The second-order valence-corrected chi connectivity index (χ2v) is 5.66. The summed E-state index contributed by atoms with van der Waals surface area (Å²) < 4.78 is 5.39. The van der Waals surface area contributed by atoms with E-state index < -0.39 is 0 Å². The molecular formula is C15H22N2O2. The molecule has 0 saturated carbocycles. The highest BCUT2D eigenvalue weighted by Gasteiger charge is 2.13. The number of nitrogens with zero attached hydrogens (tertiary/aromatic N) is 1. The minimum atomic E-state index is -0.263. The second-order valence-electron chi connectivity index (χ2n) is 5.66. The van der Waals surface area contributed by atoms with E-state index >= 15 is 0 Å². The Balaban J connectivity index is 2.51. The van der Waals surface area contributed by atoms with Gasteiger partial charge in [-0.2, -0.15) is 5.10 Å². The zero-order valence-corrected chi connectivity index (χ0v) is 12.3. The van der Waals surface area contributed by atoms with E-state index in [-0.39, 0.29) is 17.9 Å². The van der Waals surface area contributed by atoms with Gasteiger partial charge in [-0.3, -0.25) is 4.79 Å². The van der Waals surface area contributed by atoms with E-state index in [1.807, 2.05) is 38.1 Å². The fraction of sp³-hybridized carbons (Fsp3) is 0.467. The molecule has 0 radical (unpaired) electrons. The zero-order valence-electron chi connectivity index (χ0n) is 12.3. The SMILES string of the molecule is CC(C)=NNC(=O)COc1ccc(C(C)(C)C)cc1. The fourth-order valence-corrected chi connectivity index (χ4v) is 1.41. The Morgan fingerprint density at radius 3 is 2.26 bits per heavy atom. The first-order valence-electron chi connectivity index (χ1n) is 6.32. The standard InChI is InChI=1S/C15H22N2O2/c1-11(2)16-17-14(18)10-19-13-8-6-12(7-9-13)15(3,4)5/h6-9H,10H2,1-5H3,(H,17,18). The van der Waals surface area contributed by atoms with E-state index in [0.717, 1.165) is 5.71 Å². The molecule has 0 unspecified atom stereocenters. The number of carbonyl (C=O) groups excluding carboxylic acids is 1. The van der Waals surface area contributed by atoms with Crippen molar-refractivity contribution in [2.45, 2.75) is 40.0 Å². The number of amides is 1. The van der Waals surface area contributed by atoms with Crippen molar-refractivity contribution in [3.05, 3.63) is 29.8 Å². The van der Waals surface area contributed by atoms with Crippen molar-refractivity contribution in [1.82, 2.24) is 5.43 Å². The van der Waals surface area contributed by atoms with Crippen molar-refractivity contribution in [1.29, 1.82) is 0 Å². The molecule has 0 fully saturated rings. The van der Waals surface area contributed by atoms with Gasteiger partial charge in [-0.05, 0) is 37.0 Å². The molecule has 1 N–H and O–H groups in total. The van der Waals surface area contributed by atoms with Crippen molar-refractivity contribution in [3.63, 3.8) is 0 Å². The summed E-state index contributed by atoms with van der Waals surface area (Å²) in [4.78, 5) is 11.4. The van der Waals surface area contributed by atoms with Gasteiger partial charge in [0.05, 0.1) is 0 Å². The van der Waals surface area contributed by atoms with Crippen LogP contribution in [0.3, 0.4) is 0 Å². The molecular weight excluding hydrogens is 240 g/mol. The maximum atomic E-state index is 11.4. The van der Waals surface area contributed by atoms with Crippen LogP contribution >= 0.6 is 0 Å². The van der Waals surface area contributed by atoms with Gasteiger partial charge in [-0.1, -0.05) is 32.9 Å². The number of rotatable bonds is 4. The second kappa shape index (κ2) is 6.36. The van der Waals surface area contributed by atoms with Gasteiger partial charge in [0.15, 0.2) is 6.61 Å². The van der Waals surface area contributed by atoms with Crippen LogP contribution in [0.25, 0.3) is 0 Å². The largest absolute Gasteiger partial charge is 0.484 e. The lowest BCUT2D eigenvalue weighted by atomic mass is 9.87. The van der Waals surface area contributed by atoms with Crippen LogP contribution in [0.2, 0.25) is 0 Å². The first-order valence-corrected chi connectivity index (χ1v) is 6.32. The Kier molecular flexibility index (Phi) is 5.10. The molecule has 0 aliphatic heterocycles. The predicted octanol–water partition coefficient (Wildman–Crippen LogP) is 2.87. The number of nitrogens with one attached hydrogen (secondary N) is 1.